The Balaban J connectivity index is 1.42. The molecule has 0 bridgehead atoms. The lowest BCUT2D eigenvalue weighted by Crippen LogP contribution is -2.48. The largest absolute Gasteiger partial charge is 0.497 e. The molecule has 0 spiro atoms. The van der Waals surface area contributed by atoms with Gasteiger partial charge in [0.25, 0.3) is 5.91 Å². The molecule has 0 radical (unpaired) electrons. The van der Waals surface area contributed by atoms with Gasteiger partial charge in [0.2, 0.25) is 0 Å². The molecule has 1 aliphatic rings. The normalized spacial score (nSPS) is 14.9. The van der Waals surface area contributed by atoms with Gasteiger partial charge in [0.1, 0.15) is 5.75 Å². The SMILES string of the molecule is COc1ccc(N2CCN(CCNC(=O)c3ccc(C)cc3C)CC2)cc1. The summed E-state index contributed by atoms with van der Waals surface area (Å²) in [4.78, 5) is 17.2. The van der Waals surface area contributed by atoms with Crippen molar-refractivity contribution in [2.24, 2.45) is 0 Å². The van der Waals surface area contributed by atoms with Crippen LogP contribution in [0.25, 0.3) is 0 Å². The average Bonchev–Trinajstić information content (AvgIpc) is 2.68. The molecule has 2 aromatic rings. The number of aryl methyl sites for hydroxylation is 2. The number of amides is 1. The molecule has 5 heteroatoms. The molecule has 1 saturated heterocycles. The number of nitrogens with one attached hydrogen (secondary N) is 1. The van der Waals surface area contributed by atoms with Crippen molar-refractivity contribution in [2.75, 3.05) is 51.3 Å². The van der Waals surface area contributed by atoms with Crippen molar-refractivity contribution in [1.82, 2.24) is 10.2 Å². The van der Waals surface area contributed by atoms with E-state index in [-0.39, 0.29) is 5.91 Å². The number of hydrogen-bond donors (Lipinski definition) is 1. The summed E-state index contributed by atoms with van der Waals surface area (Å²) in [6, 6.07) is 14.2. The number of carbonyl (C=O) groups excluding carboxylic acids is 1. The zero-order valence-corrected chi connectivity index (χ0v) is 16.5. The Labute approximate surface area is 161 Å². The van der Waals surface area contributed by atoms with E-state index in [2.05, 4.69) is 27.2 Å². The van der Waals surface area contributed by atoms with Crippen molar-refractivity contribution in [3.05, 3.63) is 59.2 Å². The second kappa shape index (κ2) is 8.91. The maximum Gasteiger partial charge on any atom is 0.251 e. The van der Waals surface area contributed by atoms with Gasteiger partial charge in [0, 0.05) is 50.5 Å². The van der Waals surface area contributed by atoms with Gasteiger partial charge in [-0.3, -0.25) is 9.69 Å². The van der Waals surface area contributed by atoms with Gasteiger partial charge >= 0.3 is 0 Å². The molecule has 2 aromatic carbocycles. The third kappa shape index (κ3) is 5.01. The van der Waals surface area contributed by atoms with Gasteiger partial charge in [-0.1, -0.05) is 17.7 Å². The van der Waals surface area contributed by atoms with Gasteiger partial charge < -0.3 is 15.0 Å². The smallest absolute Gasteiger partial charge is 0.251 e. The average molecular weight is 367 g/mol. The summed E-state index contributed by atoms with van der Waals surface area (Å²) in [7, 11) is 1.69. The van der Waals surface area contributed by atoms with Crippen LogP contribution in [0.1, 0.15) is 21.5 Å². The molecule has 27 heavy (non-hydrogen) atoms. The Hall–Kier alpha value is -2.53. The number of methoxy groups -OCH3 is 1. The molecule has 3 rings (SSSR count). The predicted octanol–water partition coefficient (Wildman–Crippen LogP) is 2.86. The van der Waals surface area contributed by atoms with E-state index in [4.69, 9.17) is 4.74 Å². The number of anilines is 1. The summed E-state index contributed by atoms with van der Waals surface area (Å²) >= 11 is 0. The zero-order valence-electron chi connectivity index (χ0n) is 16.5. The third-order valence-corrected chi connectivity index (χ3v) is 5.15. The van der Waals surface area contributed by atoms with Crippen LogP contribution in [-0.2, 0) is 0 Å². The van der Waals surface area contributed by atoms with Crippen molar-refractivity contribution >= 4 is 11.6 Å². The van der Waals surface area contributed by atoms with E-state index in [1.54, 1.807) is 7.11 Å². The standard InChI is InChI=1S/C22H29N3O2/c1-17-4-9-21(18(2)16-17)22(26)23-10-11-24-12-14-25(15-13-24)19-5-7-20(27-3)8-6-19/h4-9,16H,10-15H2,1-3H3,(H,23,26). The van der Waals surface area contributed by atoms with Crippen molar-refractivity contribution in [3.8, 4) is 5.75 Å². The summed E-state index contributed by atoms with van der Waals surface area (Å²) in [6.07, 6.45) is 0. The predicted molar refractivity (Wildman–Crippen MR) is 110 cm³/mol. The maximum absolute atomic E-state index is 12.4. The summed E-state index contributed by atoms with van der Waals surface area (Å²) in [6.45, 7) is 9.59. The van der Waals surface area contributed by atoms with Gasteiger partial charge in [0.05, 0.1) is 7.11 Å². The molecule has 0 aliphatic carbocycles. The summed E-state index contributed by atoms with van der Waals surface area (Å²) in [5.74, 6) is 0.904. The molecule has 1 fully saturated rings. The fraction of sp³-hybridized carbons (Fsp3) is 0.409. The Morgan fingerprint density at radius 3 is 2.37 bits per heavy atom. The van der Waals surface area contributed by atoms with Gasteiger partial charge in [0.15, 0.2) is 0 Å². The summed E-state index contributed by atoms with van der Waals surface area (Å²) in [5.41, 5.74) is 4.21. The Bertz CT molecular complexity index is 766. The number of benzene rings is 2. The van der Waals surface area contributed by atoms with Gasteiger partial charge in [-0.05, 0) is 49.7 Å². The topological polar surface area (TPSA) is 44.8 Å². The van der Waals surface area contributed by atoms with Crippen LogP contribution in [0.3, 0.4) is 0 Å². The highest BCUT2D eigenvalue weighted by molar-refractivity contribution is 5.95. The summed E-state index contributed by atoms with van der Waals surface area (Å²) < 4.78 is 5.22. The molecule has 144 valence electrons. The molecule has 1 aliphatic heterocycles. The van der Waals surface area contributed by atoms with Crippen LogP contribution in [0, 0.1) is 13.8 Å². The van der Waals surface area contributed by atoms with Crippen LogP contribution < -0.4 is 15.0 Å². The van der Waals surface area contributed by atoms with E-state index in [1.807, 2.05) is 44.2 Å². The first-order chi connectivity index (χ1) is 13.1. The van der Waals surface area contributed by atoms with E-state index >= 15 is 0 Å². The monoisotopic (exact) mass is 367 g/mol. The van der Waals surface area contributed by atoms with Crippen LogP contribution in [0.2, 0.25) is 0 Å². The number of hydrogen-bond acceptors (Lipinski definition) is 4. The molecule has 1 amide bonds. The van der Waals surface area contributed by atoms with Crippen molar-refractivity contribution in [3.63, 3.8) is 0 Å². The quantitative estimate of drug-likeness (QED) is 0.853. The Morgan fingerprint density at radius 1 is 1.04 bits per heavy atom. The first-order valence-electron chi connectivity index (χ1n) is 9.53. The highest BCUT2D eigenvalue weighted by Crippen LogP contribution is 2.20. The second-order valence-corrected chi connectivity index (χ2v) is 7.10. The molecular weight excluding hydrogens is 338 g/mol. The Morgan fingerprint density at radius 2 is 1.74 bits per heavy atom. The minimum absolute atomic E-state index is 0.0179. The number of ether oxygens (including phenoxy) is 1. The van der Waals surface area contributed by atoms with Crippen molar-refractivity contribution in [2.45, 2.75) is 13.8 Å². The van der Waals surface area contributed by atoms with Crippen LogP contribution in [-0.4, -0.2) is 57.2 Å². The maximum atomic E-state index is 12.4. The molecule has 5 nitrogen and oxygen atoms in total. The van der Waals surface area contributed by atoms with E-state index < -0.39 is 0 Å². The van der Waals surface area contributed by atoms with Crippen LogP contribution in [0.15, 0.2) is 42.5 Å². The van der Waals surface area contributed by atoms with E-state index in [1.165, 1.54) is 11.3 Å². The van der Waals surface area contributed by atoms with E-state index in [0.29, 0.717) is 6.54 Å². The zero-order chi connectivity index (χ0) is 19.2. The minimum atomic E-state index is 0.0179. The van der Waals surface area contributed by atoms with Crippen LogP contribution >= 0.6 is 0 Å². The molecule has 0 aromatic heterocycles. The molecule has 0 atom stereocenters. The first-order valence-corrected chi connectivity index (χ1v) is 9.53. The number of piperazine rings is 1. The molecule has 1 N–H and O–H groups in total. The lowest BCUT2D eigenvalue weighted by atomic mass is 10.1. The van der Waals surface area contributed by atoms with E-state index in [9.17, 15) is 4.79 Å². The number of carbonyl (C=O) groups is 1. The highest BCUT2D eigenvalue weighted by Gasteiger charge is 2.17. The third-order valence-electron chi connectivity index (χ3n) is 5.15. The first kappa shape index (κ1) is 19.2. The number of nitrogens with zero attached hydrogens (tertiary/aromatic N) is 2. The minimum Gasteiger partial charge on any atom is -0.497 e. The lowest BCUT2D eigenvalue weighted by Gasteiger charge is -2.36. The van der Waals surface area contributed by atoms with Gasteiger partial charge in [-0.25, -0.2) is 0 Å². The molecule has 0 saturated carbocycles. The summed E-state index contributed by atoms with van der Waals surface area (Å²) in [5, 5.41) is 3.05. The van der Waals surface area contributed by atoms with Crippen molar-refractivity contribution in [1.29, 1.82) is 0 Å². The fourth-order valence-corrected chi connectivity index (χ4v) is 3.51. The van der Waals surface area contributed by atoms with Crippen LogP contribution in [0.5, 0.6) is 5.75 Å². The Kier molecular flexibility index (Phi) is 6.35. The lowest BCUT2D eigenvalue weighted by molar-refractivity contribution is 0.0947. The van der Waals surface area contributed by atoms with E-state index in [0.717, 1.165) is 49.6 Å². The highest BCUT2D eigenvalue weighted by atomic mass is 16.5. The fourth-order valence-electron chi connectivity index (χ4n) is 3.51. The molecule has 0 unspecified atom stereocenters. The van der Waals surface area contributed by atoms with Crippen molar-refractivity contribution < 1.29 is 9.53 Å². The van der Waals surface area contributed by atoms with Gasteiger partial charge in [-0.15, -0.1) is 0 Å². The second-order valence-electron chi connectivity index (χ2n) is 7.10. The van der Waals surface area contributed by atoms with Gasteiger partial charge in [-0.2, -0.15) is 0 Å². The molecule has 1 heterocycles. The van der Waals surface area contributed by atoms with Crippen LogP contribution in [0.4, 0.5) is 5.69 Å². The molecular formula is C22H29N3O2. The number of rotatable bonds is 6.